The number of hydrogen-bond donors (Lipinski definition) is 0. The molecule has 0 aliphatic heterocycles. The summed E-state index contributed by atoms with van der Waals surface area (Å²) in [4.78, 5) is 0. The zero-order valence-electron chi connectivity index (χ0n) is 21.5. The summed E-state index contributed by atoms with van der Waals surface area (Å²) in [7, 11) is 1.90. The summed E-state index contributed by atoms with van der Waals surface area (Å²) in [6.07, 6.45) is -2.43. The molecule has 0 amide bonds. The van der Waals surface area contributed by atoms with Gasteiger partial charge in [-0.15, -0.1) is 9.24 Å². The second-order valence-corrected chi connectivity index (χ2v) is 9.54. The predicted octanol–water partition coefficient (Wildman–Crippen LogP) is 8.26. The summed E-state index contributed by atoms with van der Waals surface area (Å²) >= 11 is 0. The quantitative estimate of drug-likeness (QED) is 0.0677. The third kappa shape index (κ3) is 7.20. The maximum atomic E-state index is 14.8. The number of ether oxygens (including phenoxy) is 2. The van der Waals surface area contributed by atoms with Gasteiger partial charge in [-0.05, 0) is 59.3 Å². The van der Waals surface area contributed by atoms with Gasteiger partial charge in [-0.25, -0.2) is 22.0 Å². The molecule has 4 rings (SSSR count). The molecule has 4 aromatic rings. The van der Waals surface area contributed by atoms with Crippen LogP contribution in [0.25, 0.3) is 11.1 Å². The smallest absolute Gasteiger partial charge is 0.430 e. The standard InChI is InChI=1S/C31H22F7O2P/c1-2-3-12-39-22-10-8-19(9-11-22)21-7-6-20(24(32)15-21)5-4-18-13-25(33)29(28(41)14-18)31(37,38)40-23-16-26(34)30(36)27(35)17-23/h6-11,13-17H,2-3,12,41H2,1H3. The molecule has 0 aliphatic rings. The molecule has 1 atom stereocenters. The summed E-state index contributed by atoms with van der Waals surface area (Å²) in [5.74, 6) is -2.69. The van der Waals surface area contributed by atoms with E-state index in [-0.39, 0.29) is 28.6 Å². The lowest BCUT2D eigenvalue weighted by Crippen LogP contribution is -2.29. The molecule has 0 saturated heterocycles. The van der Waals surface area contributed by atoms with E-state index < -0.39 is 46.5 Å². The molecule has 2 nitrogen and oxygen atoms in total. The lowest BCUT2D eigenvalue weighted by molar-refractivity contribution is -0.186. The Morgan fingerprint density at radius 1 is 0.732 bits per heavy atom. The first-order valence-corrected chi connectivity index (χ1v) is 12.9. The van der Waals surface area contributed by atoms with E-state index in [0.717, 1.165) is 24.5 Å². The lowest BCUT2D eigenvalue weighted by atomic mass is 10.0. The number of halogens is 7. The first kappa shape index (κ1) is 30.0. The van der Waals surface area contributed by atoms with Gasteiger partial charge in [0, 0.05) is 17.7 Å². The van der Waals surface area contributed by atoms with Crippen molar-refractivity contribution in [2.24, 2.45) is 0 Å². The molecule has 10 heteroatoms. The van der Waals surface area contributed by atoms with E-state index >= 15 is 0 Å². The largest absolute Gasteiger partial charge is 0.494 e. The highest BCUT2D eigenvalue weighted by Gasteiger charge is 2.40. The molecule has 0 heterocycles. The fraction of sp³-hybridized carbons (Fsp3) is 0.161. The summed E-state index contributed by atoms with van der Waals surface area (Å²) < 4.78 is 109. The van der Waals surface area contributed by atoms with Crippen LogP contribution in [0.5, 0.6) is 11.5 Å². The van der Waals surface area contributed by atoms with Gasteiger partial charge in [0.2, 0.25) is 0 Å². The van der Waals surface area contributed by atoms with E-state index in [2.05, 4.69) is 23.5 Å². The van der Waals surface area contributed by atoms with Crippen LogP contribution in [0.4, 0.5) is 30.7 Å². The second-order valence-electron chi connectivity index (χ2n) is 8.91. The summed E-state index contributed by atoms with van der Waals surface area (Å²) in [5.41, 5.74) is 0.0606. The third-order valence-corrected chi connectivity index (χ3v) is 6.34. The van der Waals surface area contributed by atoms with Crippen LogP contribution >= 0.6 is 9.24 Å². The zero-order valence-corrected chi connectivity index (χ0v) is 22.7. The van der Waals surface area contributed by atoms with Crippen LogP contribution in [0.15, 0.2) is 66.7 Å². The average molecular weight is 590 g/mol. The Labute approximate surface area is 234 Å². The third-order valence-electron chi connectivity index (χ3n) is 5.88. The van der Waals surface area contributed by atoms with E-state index in [1.165, 1.54) is 12.1 Å². The van der Waals surface area contributed by atoms with Gasteiger partial charge in [-0.2, -0.15) is 8.78 Å². The Balaban J connectivity index is 1.52. The Hall–Kier alpha value is -4.02. The highest BCUT2D eigenvalue weighted by Crippen LogP contribution is 2.34. The molecule has 0 bridgehead atoms. The van der Waals surface area contributed by atoms with Gasteiger partial charge in [0.05, 0.1) is 12.2 Å². The van der Waals surface area contributed by atoms with Crippen LogP contribution in [0.2, 0.25) is 0 Å². The normalized spacial score (nSPS) is 11.1. The van der Waals surface area contributed by atoms with Crippen LogP contribution in [-0.4, -0.2) is 6.61 Å². The number of alkyl halides is 2. The van der Waals surface area contributed by atoms with E-state index in [0.29, 0.717) is 24.0 Å². The number of rotatable bonds is 8. The van der Waals surface area contributed by atoms with E-state index in [1.54, 1.807) is 30.3 Å². The minimum absolute atomic E-state index is 0.00270. The van der Waals surface area contributed by atoms with Crippen LogP contribution in [0.1, 0.15) is 36.5 Å². The van der Waals surface area contributed by atoms with Gasteiger partial charge in [0.25, 0.3) is 0 Å². The molecule has 0 aromatic heterocycles. The monoisotopic (exact) mass is 590 g/mol. The first-order chi connectivity index (χ1) is 19.5. The van der Waals surface area contributed by atoms with Gasteiger partial charge in [0.15, 0.2) is 17.5 Å². The van der Waals surface area contributed by atoms with Crippen LogP contribution < -0.4 is 14.8 Å². The van der Waals surface area contributed by atoms with Crippen molar-refractivity contribution in [3.05, 3.63) is 113 Å². The van der Waals surface area contributed by atoms with Crippen molar-refractivity contribution < 1.29 is 40.2 Å². The first-order valence-electron chi connectivity index (χ1n) is 12.3. The highest BCUT2D eigenvalue weighted by atomic mass is 31.0. The molecule has 0 fully saturated rings. The minimum Gasteiger partial charge on any atom is -0.494 e. The van der Waals surface area contributed by atoms with Gasteiger partial charge in [-0.3, -0.25) is 0 Å². The molecule has 0 radical (unpaired) electrons. The Morgan fingerprint density at radius 2 is 1.39 bits per heavy atom. The minimum atomic E-state index is -4.38. The van der Waals surface area contributed by atoms with Crippen molar-refractivity contribution in [2.75, 3.05) is 6.61 Å². The van der Waals surface area contributed by atoms with Crippen molar-refractivity contribution in [1.82, 2.24) is 0 Å². The van der Waals surface area contributed by atoms with Gasteiger partial charge in [0.1, 0.15) is 28.7 Å². The summed E-state index contributed by atoms with van der Waals surface area (Å²) in [6.45, 7) is 2.67. The van der Waals surface area contributed by atoms with Crippen molar-refractivity contribution in [1.29, 1.82) is 0 Å². The summed E-state index contributed by atoms with van der Waals surface area (Å²) in [6, 6.07) is 13.8. The maximum Gasteiger partial charge on any atom is 0.430 e. The topological polar surface area (TPSA) is 18.5 Å². The lowest BCUT2D eigenvalue weighted by Gasteiger charge is -2.21. The van der Waals surface area contributed by atoms with Crippen LogP contribution in [0.3, 0.4) is 0 Å². The SMILES string of the molecule is CCCCOc1ccc(-c2ccc(C#Cc3cc(F)c(C(F)(F)Oc4cc(F)c(F)c(F)c4)c(P)c3)c(F)c2)cc1. The van der Waals surface area contributed by atoms with Crippen LogP contribution in [-0.2, 0) is 6.11 Å². The molecule has 0 saturated carbocycles. The molecular formula is C31H22F7O2P. The highest BCUT2D eigenvalue weighted by molar-refractivity contribution is 7.27. The van der Waals surface area contributed by atoms with Crippen molar-refractivity contribution >= 4 is 14.5 Å². The molecule has 41 heavy (non-hydrogen) atoms. The molecular weight excluding hydrogens is 568 g/mol. The molecule has 0 aliphatic carbocycles. The van der Waals surface area contributed by atoms with Crippen LogP contribution in [0, 0.1) is 40.9 Å². The molecule has 4 aromatic carbocycles. The van der Waals surface area contributed by atoms with Crippen molar-refractivity contribution in [3.63, 3.8) is 0 Å². The number of unbranched alkanes of at least 4 members (excludes halogenated alkanes) is 1. The molecule has 1 unspecified atom stereocenters. The van der Waals surface area contributed by atoms with E-state index in [1.807, 2.05) is 9.24 Å². The molecule has 0 N–H and O–H groups in total. The Bertz CT molecular complexity index is 1580. The molecule has 0 spiro atoms. The number of benzene rings is 4. The van der Waals surface area contributed by atoms with Gasteiger partial charge in [-0.1, -0.05) is 43.4 Å². The van der Waals surface area contributed by atoms with Crippen molar-refractivity contribution in [3.8, 4) is 34.5 Å². The fourth-order valence-electron chi connectivity index (χ4n) is 3.81. The maximum absolute atomic E-state index is 14.8. The van der Waals surface area contributed by atoms with Crippen molar-refractivity contribution in [2.45, 2.75) is 25.9 Å². The average Bonchev–Trinajstić information content (AvgIpc) is 2.90. The zero-order chi connectivity index (χ0) is 29.7. The van der Waals surface area contributed by atoms with Gasteiger partial charge < -0.3 is 9.47 Å². The second kappa shape index (κ2) is 12.7. The van der Waals surface area contributed by atoms with Gasteiger partial charge >= 0.3 is 6.11 Å². The van der Waals surface area contributed by atoms with E-state index in [9.17, 15) is 30.7 Å². The number of hydrogen-bond acceptors (Lipinski definition) is 2. The summed E-state index contributed by atoms with van der Waals surface area (Å²) in [5, 5.41) is -0.375. The predicted molar refractivity (Wildman–Crippen MR) is 145 cm³/mol. The Morgan fingerprint density at radius 3 is 2.00 bits per heavy atom. The fourth-order valence-corrected chi connectivity index (χ4v) is 4.30. The Kier molecular flexibility index (Phi) is 9.25. The molecule has 212 valence electrons. The van der Waals surface area contributed by atoms with E-state index in [4.69, 9.17) is 4.74 Å².